The summed E-state index contributed by atoms with van der Waals surface area (Å²) in [7, 11) is 0. The molecule has 0 aliphatic heterocycles. The van der Waals surface area contributed by atoms with Gasteiger partial charge in [0.2, 0.25) is 11.9 Å². The average Bonchev–Trinajstić information content (AvgIpc) is 2.68. The van der Waals surface area contributed by atoms with E-state index in [0.29, 0.717) is 0 Å². The second-order valence-electron chi connectivity index (χ2n) is 6.27. The highest BCUT2D eigenvalue weighted by Crippen LogP contribution is 2.10. The van der Waals surface area contributed by atoms with Crippen LogP contribution < -0.4 is 27.7 Å². The summed E-state index contributed by atoms with van der Waals surface area (Å²) < 4.78 is 0. The first-order chi connectivity index (χ1) is 14.6. The average molecular weight is 470 g/mol. The number of H-pyrrole nitrogens is 1. The first-order valence-corrected chi connectivity index (χ1v) is 8.72. The normalized spacial score (nSPS) is 11.0. The smallest absolute Gasteiger partial charge is 0.326 e. The van der Waals surface area contributed by atoms with Gasteiger partial charge < -0.3 is 32.3 Å². The van der Waals surface area contributed by atoms with E-state index in [4.69, 9.17) is 21.7 Å². The first kappa shape index (κ1) is 25.8. The van der Waals surface area contributed by atoms with E-state index in [1.165, 1.54) is 12.1 Å². The number of carbonyl (C=O) groups is 4. The summed E-state index contributed by atoms with van der Waals surface area (Å²) >= 11 is 0. The van der Waals surface area contributed by atoms with E-state index in [-0.39, 0.29) is 54.0 Å². The van der Waals surface area contributed by atoms with Gasteiger partial charge in [0.05, 0.1) is 23.9 Å². The molecule has 0 fully saturated rings. The standard InChI is InChI=1S/C17H19N7O7.ClH/c18-13-8(14(28)24-17(19)23-13)5-11(25)21-7-1-2-9(20-6-7)15(29)22-10(16(30)31)3-4-12(26)27;/h1-2,6,10H,3-5H2,(H,21,25)(H,22,29)(H,26,27)(H,30,31)(H5,18,19,23,24,28);1H/t10-;/m1./s1. The number of carboxylic acids is 2. The molecule has 172 valence electrons. The van der Waals surface area contributed by atoms with E-state index >= 15 is 0 Å². The lowest BCUT2D eigenvalue weighted by atomic mass is 10.1. The van der Waals surface area contributed by atoms with Crippen molar-refractivity contribution >= 4 is 53.6 Å². The zero-order valence-corrected chi connectivity index (χ0v) is 17.1. The molecule has 0 spiro atoms. The maximum Gasteiger partial charge on any atom is 0.326 e. The number of aromatic nitrogens is 3. The Morgan fingerprint density at radius 1 is 1.16 bits per heavy atom. The predicted molar refractivity (Wildman–Crippen MR) is 113 cm³/mol. The SMILES string of the molecule is Cl.Nc1nc(N)c(CC(=O)Nc2ccc(C(=O)N[C@H](CCC(=O)O)C(=O)O)nc2)c(=O)[nH]1. The third-order valence-electron chi connectivity index (χ3n) is 3.93. The van der Waals surface area contributed by atoms with Crippen molar-refractivity contribution in [1.82, 2.24) is 20.3 Å². The van der Waals surface area contributed by atoms with Gasteiger partial charge in [-0.05, 0) is 18.6 Å². The number of anilines is 3. The third-order valence-corrected chi connectivity index (χ3v) is 3.93. The Kier molecular flexibility index (Phi) is 9.09. The van der Waals surface area contributed by atoms with Gasteiger partial charge in [0.1, 0.15) is 17.6 Å². The zero-order chi connectivity index (χ0) is 23.1. The van der Waals surface area contributed by atoms with Crippen LogP contribution in [0.3, 0.4) is 0 Å². The van der Waals surface area contributed by atoms with Gasteiger partial charge in [-0.2, -0.15) is 4.98 Å². The number of nitrogens with one attached hydrogen (secondary N) is 3. The molecule has 1 atom stereocenters. The van der Waals surface area contributed by atoms with Crippen LogP contribution in [0.4, 0.5) is 17.5 Å². The molecule has 0 saturated heterocycles. The highest BCUT2D eigenvalue weighted by molar-refractivity contribution is 5.96. The summed E-state index contributed by atoms with van der Waals surface area (Å²) in [5.41, 5.74) is 10.3. The monoisotopic (exact) mass is 469 g/mol. The summed E-state index contributed by atoms with van der Waals surface area (Å²) in [6.45, 7) is 0. The van der Waals surface area contributed by atoms with Crippen LogP contribution in [0.1, 0.15) is 28.9 Å². The van der Waals surface area contributed by atoms with Crippen LogP contribution in [0.5, 0.6) is 0 Å². The van der Waals surface area contributed by atoms with Crippen LogP contribution in [0.15, 0.2) is 23.1 Å². The highest BCUT2D eigenvalue weighted by atomic mass is 35.5. The lowest BCUT2D eigenvalue weighted by molar-refractivity contribution is -0.140. The Labute approximate surface area is 185 Å². The number of amides is 2. The fourth-order valence-corrected chi connectivity index (χ4v) is 2.43. The van der Waals surface area contributed by atoms with Crippen molar-refractivity contribution in [2.75, 3.05) is 16.8 Å². The number of aromatic amines is 1. The summed E-state index contributed by atoms with van der Waals surface area (Å²) in [5.74, 6) is -4.39. The van der Waals surface area contributed by atoms with Gasteiger partial charge in [-0.15, -0.1) is 12.4 Å². The summed E-state index contributed by atoms with van der Waals surface area (Å²) in [4.78, 5) is 67.6. The molecule has 15 heteroatoms. The van der Waals surface area contributed by atoms with Crippen LogP contribution in [-0.2, 0) is 20.8 Å². The molecule has 0 bridgehead atoms. The summed E-state index contributed by atoms with van der Waals surface area (Å²) in [6, 6.07) is 1.16. The zero-order valence-electron chi connectivity index (χ0n) is 16.3. The van der Waals surface area contributed by atoms with E-state index < -0.39 is 41.8 Å². The number of nitrogens with two attached hydrogens (primary N) is 2. The van der Waals surface area contributed by atoms with E-state index in [9.17, 15) is 24.0 Å². The molecule has 14 nitrogen and oxygen atoms in total. The molecule has 2 amide bonds. The van der Waals surface area contributed by atoms with Crippen LogP contribution >= 0.6 is 12.4 Å². The topological polar surface area (TPSA) is 243 Å². The van der Waals surface area contributed by atoms with E-state index in [0.717, 1.165) is 6.20 Å². The minimum absolute atomic E-state index is 0. The minimum atomic E-state index is -1.40. The molecule has 0 aliphatic rings. The molecule has 2 rings (SSSR count). The van der Waals surface area contributed by atoms with Gasteiger partial charge >= 0.3 is 11.9 Å². The number of carbonyl (C=O) groups excluding carboxylic acids is 2. The number of pyridine rings is 1. The highest BCUT2D eigenvalue weighted by Gasteiger charge is 2.22. The number of hydrogen-bond donors (Lipinski definition) is 7. The van der Waals surface area contributed by atoms with Crippen molar-refractivity contribution < 1.29 is 29.4 Å². The quantitative estimate of drug-likeness (QED) is 0.234. The van der Waals surface area contributed by atoms with Crippen LogP contribution in [0.25, 0.3) is 0 Å². The minimum Gasteiger partial charge on any atom is -0.481 e. The van der Waals surface area contributed by atoms with E-state index in [1.54, 1.807) is 0 Å². The molecule has 0 radical (unpaired) electrons. The van der Waals surface area contributed by atoms with Crippen molar-refractivity contribution in [3.05, 3.63) is 39.9 Å². The van der Waals surface area contributed by atoms with Crippen molar-refractivity contribution in [3.8, 4) is 0 Å². The number of halogens is 1. The molecule has 0 unspecified atom stereocenters. The lowest BCUT2D eigenvalue weighted by Gasteiger charge is -2.13. The van der Waals surface area contributed by atoms with Crippen molar-refractivity contribution in [2.24, 2.45) is 0 Å². The van der Waals surface area contributed by atoms with Crippen LogP contribution in [0, 0.1) is 0 Å². The molecule has 0 saturated carbocycles. The van der Waals surface area contributed by atoms with Gasteiger partial charge in [-0.25, -0.2) is 9.78 Å². The van der Waals surface area contributed by atoms with Crippen LogP contribution in [-0.4, -0.2) is 55.0 Å². The van der Waals surface area contributed by atoms with E-state index in [2.05, 4.69) is 25.6 Å². The fraction of sp³-hybridized carbons (Fsp3) is 0.235. The molecule has 2 aromatic heterocycles. The number of rotatable bonds is 9. The van der Waals surface area contributed by atoms with Gasteiger partial charge in [0.25, 0.3) is 11.5 Å². The Balaban J connectivity index is 0.00000512. The molecule has 0 aliphatic carbocycles. The molecule has 32 heavy (non-hydrogen) atoms. The fourth-order valence-electron chi connectivity index (χ4n) is 2.43. The van der Waals surface area contributed by atoms with Gasteiger partial charge in [0, 0.05) is 6.42 Å². The second kappa shape index (κ2) is 11.3. The first-order valence-electron chi connectivity index (χ1n) is 8.72. The Morgan fingerprint density at radius 3 is 2.38 bits per heavy atom. The van der Waals surface area contributed by atoms with Gasteiger partial charge in [0.15, 0.2) is 0 Å². The molecule has 2 heterocycles. The molecular weight excluding hydrogens is 450 g/mol. The second-order valence-corrected chi connectivity index (χ2v) is 6.27. The molecule has 2 aromatic rings. The summed E-state index contributed by atoms with van der Waals surface area (Å²) in [6.07, 6.45) is 0.0224. The molecular formula is C17H20ClN7O7. The van der Waals surface area contributed by atoms with E-state index in [1.807, 2.05) is 0 Å². The Morgan fingerprint density at radius 2 is 1.84 bits per heavy atom. The Bertz CT molecular complexity index is 1070. The predicted octanol–water partition coefficient (Wildman–Crippen LogP) is -1.02. The largest absolute Gasteiger partial charge is 0.481 e. The number of aliphatic carboxylic acids is 2. The number of nitrogens with zero attached hydrogens (tertiary/aromatic N) is 2. The third kappa shape index (κ3) is 7.24. The van der Waals surface area contributed by atoms with Crippen molar-refractivity contribution in [1.29, 1.82) is 0 Å². The van der Waals surface area contributed by atoms with Gasteiger partial charge in [-0.3, -0.25) is 24.2 Å². The molecule has 9 N–H and O–H groups in total. The van der Waals surface area contributed by atoms with Crippen LogP contribution in [0.2, 0.25) is 0 Å². The summed E-state index contributed by atoms with van der Waals surface area (Å²) in [5, 5.41) is 22.4. The lowest BCUT2D eigenvalue weighted by Crippen LogP contribution is -2.41. The maximum absolute atomic E-state index is 12.1. The number of nitrogen functional groups attached to an aromatic ring is 2. The van der Waals surface area contributed by atoms with Crippen molar-refractivity contribution in [2.45, 2.75) is 25.3 Å². The maximum atomic E-state index is 12.1. The Hall–Kier alpha value is -4.20. The number of carboxylic acid groups (broad SMARTS) is 2. The van der Waals surface area contributed by atoms with Gasteiger partial charge in [-0.1, -0.05) is 0 Å². The van der Waals surface area contributed by atoms with Crippen molar-refractivity contribution in [3.63, 3.8) is 0 Å². The number of hydrogen-bond acceptors (Lipinski definition) is 9. The molecule has 0 aromatic carbocycles.